The van der Waals surface area contributed by atoms with Gasteiger partial charge in [0.05, 0.1) is 0 Å². The summed E-state index contributed by atoms with van der Waals surface area (Å²) in [6.45, 7) is 4.04. The zero-order valence-electron chi connectivity index (χ0n) is 7.57. The molecule has 0 bridgehead atoms. The second kappa shape index (κ2) is 4.08. The molecule has 0 unspecified atom stereocenters. The average Bonchev–Trinajstić information content (AvgIpc) is 2.03. The Morgan fingerprint density at radius 2 is 1.62 bits per heavy atom. The topological polar surface area (TPSA) is 0 Å². The molecule has 0 aliphatic heterocycles. The second-order valence-electron chi connectivity index (χ2n) is 3.61. The summed E-state index contributed by atoms with van der Waals surface area (Å²) in [5.74, 6) is 0.496. The molecule has 72 valence electrons. The van der Waals surface area contributed by atoms with Crippen LogP contribution in [0.1, 0.15) is 19.4 Å². The molecule has 0 amide bonds. The molecule has 0 aromatic heterocycles. The first-order valence-electron chi connectivity index (χ1n) is 3.99. The summed E-state index contributed by atoms with van der Waals surface area (Å²) in [5, 5.41) is 1.36. The second-order valence-corrected chi connectivity index (χ2v) is 4.70. The Labute approximate surface area is 93.8 Å². The van der Waals surface area contributed by atoms with Crippen LogP contribution in [-0.4, -0.2) is 5.88 Å². The van der Waals surface area contributed by atoms with Crippen LogP contribution in [0, 0.1) is 0 Å². The van der Waals surface area contributed by atoms with Gasteiger partial charge in [-0.2, -0.15) is 0 Å². The van der Waals surface area contributed by atoms with Crippen molar-refractivity contribution in [3.05, 3.63) is 33.8 Å². The lowest BCUT2D eigenvalue weighted by Gasteiger charge is -2.24. The number of rotatable bonds is 2. The molecule has 0 saturated heterocycles. The van der Waals surface area contributed by atoms with Crippen LogP contribution in [0.2, 0.25) is 10.0 Å². The summed E-state index contributed by atoms with van der Waals surface area (Å²) in [6.07, 6.45) is 0. The molecule has 0 saturated carbocycles. The fraction of sp³-hybridized carbons (Fsp3) is 0.400. The lowest BCUT2D eigenvalue weighted by atomic mass is 9.87. The molecule has 1 aromatic carbocycles. The van der Waals surface area contributed by atoms with Gasteiger partial charge in [-0.25, -0.2) is 0 Å². The Balaban J connectivity index is 3.28. The van der Waals surface area contributed by atoms with Crippen LogP contribution in [0.5, 0.6) is 0 Å². The first-order valence-corrected chi connectivity index (χ1v) is 5.28. The third-order valence-electron chi connectivity index (χ3n) is 1.97. The first-order chi connectivity index (χ1) is 5.99. The predicted octanol–water partition coefficient (Wildman–Crippen LogP) is 4.51. The van der Waals surface area contributed by atoms with E-state index in [-0.39, 0.29) is 5.41 Å². The van der Waals surface area contributed by atoms with Gasteiger partial charge in [0, 0.05) is 21.3 Å². The maximum atomic E-state index is 6.05. The van der Waals surface area contributed by atoms with E-state index in [0.717, 1.165) is 5.56 Å². The standard InChI is InChI=1S/C10H11Cl3/c1-10(2,6-11)9-7(12)4-3-5-8(9)13/h3-5H,6H2,1-2H3. The van der Waals surface area contributed by atoms with Crippen LogP contribution in [0.4, 0.5) is 0 Å². The lowest BCUT2D eigenvalue weighted by molar-refractivity contribution is 0.598. The molecule has 0 nitrogen and oxygen atoms in total. The third kappa shape index (κ3) is 2.31. The van der Waals surface area contributed by atoms with Gasteiger partial charge in [0.1, 0.15) is 0 Å². The van der Waals surface area contributed by atoms with Crippen LogP contribution >= 0.6 is 34.8 Å². The quantitative estimate of drug-likeness (QED) is 0.664. The maximum Gasteiger partial charge on any atom is 0.0458 e. The highest BCUT2D eigenvalue weighted by Gasteiger charge is 2.24. The monoisotopic (exact) mass is 236 g/mol. The minimum atomic E-state index is -0.184. The summed E-state index contributed by atoms with van der Waals surface area (Å²) < 4.78 is 0. The molecule has 0 aliphatic carbocycles. The van der Waals surface area contributed by atoms with Crippen LogP contribution in [-0.2, 0) is 5.41 Å². The normalized spacial score (nSPS) is 11.8. The molecule has 0 spiro atoms. The zero-order chi connectivity index (χ0) is 10.1. The Kier molecular flexibility index (Phi) is 3.50. The van der Waals surface area contributed by atoms with E-state index in [2.05, 4.69) is 0 Å². The fourth-order valence-electron chi connectivity index (χ4n) is 1.21. The van der Waals surface area contributed by atoms with Gasteiger partial charge in [-0.1, -0.05) is 43.1 Å². The predicted molar refractivity (Wildman–Crippen MR) is 60.2 cm³/mol. The van der Waals surface area contributed by atoms with E-state index in [1.165, 1.54) is 0 Å². The minimum absolute atomic E-state index is 0.184. The zero-order valence-corrected chi connectivity index (χ0v) is 9.84. The molecule has 0 fully saturated rings. The van der Waals surface area contributed by atoms with Crippen molar-refractivity contribution >= 4 is 34.8 Å². The smallest absolute Gasteiger partial charge is 0.0458 e. The number of benzene rings is 1. The third-order valence-corrected chi connectivity index (χ3v) is 3.27. The molecule has 0 radical (unpaired) electrons. The van der Waals surface area contributed by atoms with Gasteiger partial charge in [-0.05, 0) is 17.7 Å². The Bertz CT molecular complexity index is 285. The SMILES string of the molecule is CC(C)(CCl)c1c(Cl)cccc1Cl. The molecule has 0 aliphatic rings. The van der Waals surface area contributed by atoms with Crippen molar-refractivity contribution in [1.29, 1.82) is 0 Å². The van der Waals surface area contributed by atoms with Crippen LogP contribution < -0.4 is 0 Å². The van der Waals surface area contributed by atoms with E-state index in [1.807, 2.05) is 32.0 Å². The van der Waals surface area contributed by atoms with Crippen molar-refractivity contribution < 1.29 is 0 Å². The highest BCUT2D eigenvalue weighted by Crippen LogP contribution is 2.36. The van der Waals surface area contributed by atoms with E-state index >= 15 is 0 Å². The van der Waals surface area contributed by atoms with Gasteiger partial charge in [-0.15, -0.1) is 11.6 Å². The lowest BCUT2D eigenvalue weighted by Crippen LogP contribution is -2.20. The van der Waals surface area contributed by atoms with E-state index in [1.54, 1.807) is 0 Å². The molecule has 0 heterocycles. The van der Waals surface area contributed by atoms with Crippen molar-refractivity contribution in [2.75, 3.05) is 5.88 Å². The van der Waals surface area contributed by atoms with Crippen molar-refractivity contribution in [1.82, 2.24) is 0 Å². The molecule has 1 rings (SSSR count). The van der Waals surface area contributed by atoms with Crippen LogP contribution in [0.15, 0.2) is 18.2 Å². The summed E-state index contributed by atoms with van der Waals surface area (Å²) in [6, 6.07) is 5.49. The summed E-state index contributed by atoms with van der Waals surface area (Å²) in [4.78, 5) is 0. The van der Waals surface area contributed by atoms with E-state index in [9.17, 15) is 0 Å². The fourth-order valence-corrected chi connectivity index (χ4v) is 2.25. The summed E-state index contributed by atoms with van der Waals surface area (Å²) in [5.41, 5.74) is 0.741. The Morgan fingerprint density at radius 3 is 2.00 bits per heavy atom. The highest BCUT2D eigenvalue weighted by atomic mass is 35.5. The summed E-state index contributed by atoms with van der Waals surface area (Å²) >= 11 is 18.0. The minimum Gasteiger partial charge on any atom is -0.126 e. The molecular weight excluding hydrogens is 226 g/mol. The molecule has 13 heavy (non-hydrogen) atoms. The van der Waals surface area contributed by atoms with Crippen LogP contribution in [0.3, 0.4) is 0 Å². The maximum absolute atomic E-state index is 6.05. The average molecular weight is 238 g/mol. The van der Waals surface area contributed by atoms with Crippen molar-refractivity contribution in [2.45, 2.75) is 19.3 Å². The van der Waals surface area contributed by atoms with E-state index in [0.29, 0.717) is 15.9 Å². The van der Waals surface area contributed by atoms with Crippen molar-refractivity contribution in [2.24, 2.45) is 0 Å². The van der Waals surface area contributed by atoms with Crippen molar-refractivity contribution in [3.8, 4) is 0 Å². The summed E-state index contributed by atoms with van der Waals surface area (Å²) in [7, 11) is 0. The molecule has 0 atom stereocenters. The number of alkyl halides is 1. The van der Waals surface area contributed by atoms with Crippen molar-refractivity contribution in [3.63, 3.8) is 0 Å². The number of halogens is 3. The largest absolute Gasteiger partial charge is 0.126 e. The Morgan fingerprint density at radius 1 is 1.15 bits per heavy atom. The van der Waals surface area contributed by atoms with Crippen LogP contribution in [0.25, 0.3) is 0 Å². The van der Waals surface area contributed by atoms with Gasteiger partial charge in [0.15, 0.2) is 0 Å². The molecule has 3 heteroatoms. The molecule has 1 aromatic rings. The first kappa shape index (κ1) is 11.2. The van der Waals surface area contributed by atoms with E-state index in [4.69, 9.17) is 34.8 Å². The van der Waals surface area contributed by atoms with Gasteiger partial charge >= 0.3 is 0 Å². The van der Waals surface area contributed by atoms with Gasteiger partial charge in [0.25, 0.3) is 0 Å². The van der Waals surface area contributed by atoms with Gasteiger partial charge in [0.2, 0.25) is 0 Å². The molecular formula is C10H11Cl3. The number of hydrogen-bond donors (Lipinski definition) is 0. The Hall–Kier alpha value is 0.0900. The van der Waals surface area contributed by atoms with Gasteiger partial charge in [-0.3, -0.25) is 0 Å². The number of hydrogen-bond acceptors (Lipinski definition) is 0. The van der Waals surface area contributed by atoms with Gasteiger partial charge < -0.3 is 0 Å². The van der Waals surface area contributed by atoms with E-state index < -0.39 is 0 Å². The highest BCUT2D eigenvalue weighted by molar-refractivity contribution is 6.36. The molecule has 0 N–H and O–H groups in total.